The molecule has 0 spiro atoms. The van der Waals surface area contributed by atoms with E-state index >= 15 is 0 Å². The molecule has 1 aliphatic carbocycles. The Hall–Kier alpha value is -0.170. The van der Waals surface area contributed by atoms with Gasteiger partial charge in [0.25, 0.3) is 10.2 Å². The normalized spacial score (nSPS) is 27.1. The minimum absolute atomic E-state index is 0.0787. The highest BCUT2D eigenvalue weighted by atomic mass is 32.2. The fraction of sp³-hybridized carbons (Fsp3) is 1.00. The number of piperidine rings is 1. The average Bonchev–Trinajstić information content (AvgIpc) is 2.45. The van der Waals surface area contributed by atoms with Crippen molar-refractivity contribution in [1.82, 2.24) is 8.61 Å². The molecule has 0 radical (unpaired) electrons. The van der Waals surface area contributed by atoms with Crippen LogP contribution in [0.4, 0.5) is 0 Å². The molecule has 0 amide bonds. The third kappa shape index (κ3) is 3.53. The molecule has 2 fully saturated rings. The van der Waals surface area contributed by atoms with Crippen LogP contribution in [-0.2, 0) is 10.2 Å². The predicted octanol–water partition coefficient (Wildman–Crippen LogP) is 1.73. The van der Waals surface area contributed by atoms with Crippen LogP contribution in [0.2, 0.25) is 0 Å². The quantitative estimate of drug-likeness (QED) is 0.841. The van der Waals surface area contributed by atoms with Crippen LogP contribution >= 0.6 is 0 Å². The third-order valence-electron chi connectivity index (χ3n) is 4.64. The summed E-state index contributed by atoms with van der Waals surface area (Å²) < 4.78 is 29.1. The number of hydrogen-bond acceptors (Lipinski definition) is 3. The summed E-state index contributed by atoms with van der Waals surface area (Å²) in [5.41, 5.74) is 0. The molecule has 0 aromatic rings. The van der Waals surface area contributed by atoms with Crippen molar-refractivity contribution in [3.05, 3.63) is 0 Å². The summed E-state index contributed by atoms with van der Waals surface area (Å²) in [5.74, 6) is 0. The van der Waals surface area contributed by atoms with Crippen LogP contribution in [0, 0.1) is 0 Å². The molecule has 0 bridgehead atoms. The molecule has 1 atom stereocenters. The van der Waals surface area contributed by atoms with Crippen LogP contribution in [0.1, 0.15) is 58.3 Å². The Morgan fingerprint density at radius 1 is 1.10 bits per heavy atom. The maximum atomic E-state index is 12.9. The molecule has 2 rings (SSSR count). The highest BCUT2D eigenvalue weighted by Gasteiger charge is 2.38. The Kier molecular flexibility index (Phi) is 5.84. The lowest BCUT2D eigenvalue weighted by atomic mass is 9.95. The Labute approximate surface area is 123 Å². The van der Waals surface area contributed by atoms with Crippen LogP contribution in [-0.4, -0.2) is 53.9 Å². The minimum atomic E-state index is -3.43. The summed E-state index contributed by atoms with van der Waals surface area (Å²) in [4.78, 5) is 0. The zero-order valence-electron chi connectivity index (χ0n) is 12.5. The molecule has 5 nitrogen and oxygen atoms in total. The zero-order chi connectivity index (χ0) is 14.6. The highest BCUT2D eigenvalue weighted by molar-refractivity contribution is 7.86. The number of nitrogens with zero attached hydrogens (tertiary/aromatic N) is 2. The zero-order valence-corrected chi connectivity index (χ0v) is 13.3. The van der Waals surface area contributed by atoms with Gasteiger partial charge in [-0.05, 0) is 32.6 Å². The van der Waals surface area contributed by atoms with Crippen LogP contribution in [0.5, 0.6) is 0 Å². The van der Waals surface area contributed by atoms with Gasteiger partial charge in [0.15, 0.2) is 0 Å². The second kappa shape index (κ2) is 7.20. The van der Waals surface area contributed by atoms with E-state index < -0.39 is 10.2 Å². The number of hydrogen-bond donors (Lipinski definition) is 1. The smallest absolute Gasteiger partial charge is 0.282 e. The molecule has 1 saturated carbocycles. The Balaban J connectivity index is 2.16. The van der Waals surface area contributed by atoms with E-state index in [4.69, 9.17) is 0 Å². The van der Waals surface area contributed by atoms with Gasteiger partial charge in [0.1, 0.15) is 0 Å². The molecule has 0 aromatic carbocycles. The molecular weight excluding hydrogens is 276 g/mol. The fourth-order valence-corrected chi connectivity index (χ4v) is 5.59. The first-order valence-electron chi connectivity index (χ1n) is 7.97. The molecule has 20 heavy (non-hydrogen) atoms. The predicted molar refractivity (Wildman–Crippen MR) is 79.6 cm³/mol. The molecule has 1 saturated heterocycles. The van der Waals surface area contributed by atoms with E-state index in [-0.39, 0.29) is 25.2 Å². The summed E-state index contributed by atoms with van der Waals surface area (Å²) in [6.45, 7) is 2.75. The van der Waals surface area contributed by atoms with Crippen molar-refractivity contribution in [3.63, 3.8) is 0 Å². The SMILES string of the molecule is CC1CCCCN1S(=O)(=O)N(CCO)C1CCCCC1. The first-order valence-corrected chi connectivity index (χ1v) is 9.36. The maximum Gasteiger partial charge on any atom is 0.282 e. The lowest BCUT2D eigenvalue weighted by Crippen LogP contribution is -2.53. The van der Waals surface area contributed by atoms with E-state index in [9.17, 15) is 13.5 Å². The summed E-state index contributed by atoms with van der Waals surface area (Å²) in [7, 11) is -3.43. The second-order valence-corrected chi connectivity index (χ2v) is 7.92. The summed E-state index contributed by atoms with van der Waals surface area (Å²) in [5, 5.41) is 9.27. The van der Waals surface area contributed by atoms with Gasteiger partial charge in [-0.2, -0.15) is 17.0 Å². The van der Waals surface area contributed by atoms with Gasteiger partial charge in [-0.25, -0.2) is 0 Å². The molecule has 2 aliphatic rings. The van der Waals surface area contributed by atoms with E-state index in [1.54, 1.807) is 8.61 Å². The van der Waals surface area contributed by atoms with Crippen molar-refractivity contribution in [1.29, 1.82) is 0 Å². The van der Waals surface area contributed by atoms with Crippen molar-refractivity contribution in [2.45, 2.75) is 70.4 Å². The van der Waals surface area contributed by atoms with E-state index in [1.165, 1.54) is 6.42 Å². The minimum Gasteiger partial charge on any atom is -0.395 e. The molecule has 6 heteroatoms. The molecule has 0 aromatic heterocycles. The van der Waals surface area contributed by atoms with Gasteiger partial charge in [0, 0.05) is 25.2 Å². The van der Waals surface area contributed by atoms with Crippen LogP contribution in [0.25, 0.3) is 0 Å². The Bertz CT molecular complexity index is 393. The first kappa shape index (κ1) is 16.2. The molecule has 1 N–H and O–H groups in total. The van der Waals surface area contributed by atoms with Crippen molar-refractivity contribution < 1.29 is 13.5 Å². The van der Waals surface area contributed by atoms with Gasteiger partial charge in [-0.3, -0.25) is 0 Å². The Morgan fingerprint density at radius 2 is 1.75 bits per heavy atom. The molecular formula is C14H28N2O3S. The fourth-order valence-electron chi connectivity index (χ4n) is 3.50. The largest absolute Gasteiger partial charge is 0.395 e. The first-order chi connectivity index (χ1) is 9.57. The number of rotatable bonds is 5. The van der Waals surface area contributed by atoms with Crippen molar-refractivity contribution in [2.24, 2.45) is 0 Å². The van der Waals surface area contributed by atoms with E-state index in [2.05, 4.69) is 0 Å². The van der Waals surface area contributed by atoms with E-state index in [0.717, 1.165) is 44.9 Å². The third-order valence-corrected chi connectivity index (χ3v) is 6.85. The molecule has 1 unspecified atom stereocenters. The van der Waals surface area contributed by atoms with Crippen LogP contribution in [0.15, 0.2) is 0 Å². The lowest BCUT2D eigenvalue weighted by Gasteiger charge is -2.40. The van der Waals surface area contributed by atoms with Crippen molar-refractivity contribution in [2.75, 3.05) is 19.7 Å². The van der Waals surface area contributed by atoms with Crippen molar-refractivity contribution >= 4 is 10.2 Å². The van der Waals surface area contributed by atoms with Crippen LogP contribution in [0.3, 0.4) is 0 Å². The van der Waals surface area contributed by atoms with Gasteiger partial charge >= 0.3 is 0 Å². The number of aliphatic hydroxyl groups excluding tert-OH is 1. The summed E-state index contributed by atoms with van der Waals surface area (Å²) >= 11 is 0. The monoisotopic (exact) mass is 304 g/mol. The molecule has 118 valence electrons. The van der Waals surface area contributed by atoms with Gasteiger partial charge in [-0.15, -0.1) is 0 Å². The average molecular weight is 304 g/mol. The number of aliphatic hydroxyl groups is 1. The second-order valence-electron chi connectivity index (χ2n) is 6.09. The highest BCUT2D eigenvalue weighted by Crippen LogP contribution is 2.28. The van der Waals surface area contributed by atoms with Gasteiger partial charge in [-0.1, -0.05) is 25.7 Å². The van der Waals surface area contributed by atoms with E-state index in [1.807, 2.05) is 6.92 Å². The standard InChI is InChI=1S/C14H28N2O3S/c1-13-7-5-6-10-15(13)20(18,19)16(11-12-17)14-8-3-2-4-9-14/h13-14,17H,2-12H2,1H3. The maximum absolute atomic E-state index is 12.9. The van der Waals surface area contributed by atoms with Gasteiger partial charge in [0.2, 0.25) is 0 Å². The molecule has 1 aliphatic heterocycles. The molecule has 1 heterocycles. The van der Waals surface area contributed by atoms with Crippen LogP contribution < -0.4 is 0 Å². The van der Waals surface area contributed by atoms with Gasteiger partial charge < -0.3 is 5.11 Å². The van der Waals surface area contributed by atoms with Crippen molar-refractivity contribution in [3.8, 4) is 0 Å². The van der Waals surface area contributed by atoms with Gasteiger partial charge in [0.05, 0.1) is 6.61 Å². The summed E-state index contributed by atoms with van der Waals surface area (Å²) in [6, 6.07) is 0.161. The topological polar surface area (TPSA) is 60.9 Å². The summed E-state index contributed by atoms with van der Waals surface area (Å²) in [6.07, 6.45) is 8.25. The Morgan fingerprint density at radius 3 is 2.35 bits per heavy atom. The lowest BCUT2D eigenvalue weighted by molar-refractivity contribution is 0.175. The van der Waals surface area contributed by atoms with E-state index in [0.29, 0.717) is 6.54 Å².